The Morgan fingerprint density at radius 1 is 1.15 bits per heavy atom. The third kappa shape index (κ3) is 3.76. The van der Waals surface area contributed by atoms with Gasteiger partial charge in [0.2, 0.25) is 5.78 Å². The maximum absolute atomic E-state index is 14.2. The smallest absolute Gasteiger partial charge is 0.205 e. The molecule has 0 fully saturated rings. The van der Waals surface area contributed by atoms with E-state index in [2.05, 4.69) is 15.9 Å². The van der Waals surface area contributed by atoms with Gasteiger partial charge in [0, 0.05) is 21.4 Å². The Hall–Kier alpha value is -2.97. The van der Waals surface area contributed by atoms with Crippen molar-refractivity contribution in [2.45, 2.75) is 13.8 Å². The molecule has 5 heteroatoms. The van der Waals surface area contributed by atoms with Gasteiger partial charge in [-0.25, -0.2) is 4.39 Å². The molecule has 1 heterocycles. The highest BCUT2D eigenvalue weighted by atomic mass is 79.9. The first-order valence-electron chi connectivity index (χ1n) is 8.28. The Balaban J connectivity index is 2.05. The number of aryl methyl sites for hydroxylation is 1. The molecule has 0 unspecified atom stereocenters. The molecule has 3 rings (SSSR count). The van der Waals surface area contributed by atoms with Crippen LogP contribution in [0.25, 0.3) is 11.8 Å². The molecule has 0 bridgehead atoms. The van der Waals surface area contributed by atoms with Crippen molar-refractivity contribution in [3.63, 3.8) is 0 Å². The van der Waals surface area contributed by atoms with Gasteiger partial charge in [-0.1, -0.05) is 40.2 Å². The number of benzene rings is 2. The summed E-state index contributed by atoms with van der Waals surface area (Å²) in [4.78, 5) is 12.9. The molecule has 0 atom stereocenters. The van der Waals surface area contributed by atoms with E-state index in [1.165, 1.54) is 6.07 Å². The Labute approximate surface area is 165 Å². The molecule has 0 saturated heterocycles. The zero-order valence-corrected chi connectivity index (χ0v) is 16.4. The zero-order valence-electron chi connectivity index (χ0n) is 14.8. The molecule has 134 valence electrons. The van der Waals surface area contributed by atoms with E-state index in [4.69, 9.17) is 0 Å². The topological polar surface area (TPSA) is 45.8 Å². The first-order chi connectivity index (χ1) is 12.9. The van der Waals surface area contributed by atoms with E-state index in [-0.39, 0.29) is 17.2 Å². The molecule has 0 aliphatic carbocycles. The van der Waals surface area contributed by atoms with Gasteiger partial charge < -0.3 is 4.57 Å². The van der Waals surface area contributed by atoms with Gasteiger partial charge in [0.1, 0.15) is 17.5 Å². The maximum Gasteiger partial charge on any atom is 0.205 e. The molecule has 0 spiro atoms. The van der Waals surface area contributed by atoms with Gasteiger partial charge in [-0.15, -0.1) is 0 Å². The molecule has 0 saturated carbocycles. The summed E-state index contributed by atoms with van der Waals surface area (Å²) < 4.78 is 16.8. The average Bonchev–Trinajstić information content (AvgIpc) is 2.95. The zero-order chi connectivity index (χ0) is 19.6. The van der Waals surface area contributed by atoms with Crippen LogP contribution >= 0.6 is 15.9 Å². The van der Waals surface area contributed by atoms with E-state index in [0.29, 0.717) is 16.9 Å². The normalized spacial score (nSPS) is 11.3. The number of allylic oxidation sites excluding steroid dienone is 1. The fourth-order valence-corrected chi connectivity index (χ4v) is 3.28. The highest BCUT2D eigenvalue weighted by Gasteiger charge is 2.21. The molecule has 0 aliphatic heterocycles. The molecule has 3 aromatic rings. The standard InChI is InChI=1S/C22H16BrFN2O/c1-14-11-19(15(2)26(14)21-6-4-3-5-20(21)24)22(27)17(13-25)12-16-7-9-18(23)10-8-16/h3-12H,1-2H3/b17-12-. The second-order valence-electron chi connectivity index (χ2n) is 6.12. The van der Waals surface area contributed by atoms with Crippen molar-refractivity contribution in [2.24, 2.45) is 0 Å². The minimum Gasteiger partial charge on any atom is -0.315 e. The summed E-state index contributed by atoms with van der Waals surface area (Å²) >= 11 is 3.36. The molecular weight excluding hydrogens is 407 g/mol. The molecular formula is C22H16BrFN2O. The summed E-state index contributed by atoms with van der Waals surface area (Å²) in [6.07, 6.45) is 1.56. The monoisotopic (exact) mass is 422 g/mol. The molecule has 0 aliphatic rings. The predicted octanol–water partition coefficient (Wildman–Crippen LogP) is 5.79. The molecule has 0 N–H and O–H groups in total. The number of carbonyl (C=O) groups is 1. The van der Waals surface area contributed by atoms with Crippen LogP contribution in [-0.4, -0.2) is 10.4 Å². The number of aromatic nitrogens is 1. The predicted molar refractivity (Wildman–Crippen MR) is 107 cm³/mol. The minimum absolute atomic E-state index is 0.0334. The quantitative estimate of drug-likeness (QED) is 0.303. The van der Waals surface area contributed by atoms with Crippen molar-refractivity contribution in [3.8, 4) is 11.8 Å². The Kier molecular flexibility index (Phi) is 5.38. The minimum atomic E-state index is -0.379. The second kappa shape index (κ2) is 7.73. The van der Waals surface area contributed by atoms with Gasteiger partial charge in [-0.05, 0) is 55.8 Å². The van der Waals surface area contributed by atoms with Crippen LogP contribution in [0.15, 0.2) is 64.6 Å². The maximum atomic E-state index is 14.2. The van der Waals surface area contributed by atoms with Gasteiger partial charge >= 0.3 is 0 Å². The second-order valence-corrected chi connectivity index (χ2v) is 7.04. The lowest BCUT2D eigenvalue weighted by Gasteiger charge is -2.10. The van der Waals surface area contributed by atoms with Crippen LogP contribution in [0.2, 0.25) is 0 Å². The summed E-state index contributed by atoms with van der Waals surface area (Å²) in [7, 11) is 0. The molecule has 1 aromatic heterocycles. The van der Waals surface area contributed by atoms with Crippen LogP contribution in [0.4, 0.5) is 4.39 Å². The van der Waals surface area contributed by atoms with Gasteiger partial charge in [0.25, 0.3) is 0 Å². The lowest BCUT2D eigenvalue weighted by molar-refractivity contribution is 0.103. The lowest BCUT2D eigenvalue weighted by Crippen LogP contribution is -2.06. The Morgan fingerprint density at radius 2 is 1.81 bits per heavy atom. The van der Waals surface area contributed by atoms with Crippen molar-refractivity contribution < 1.29 is 9.18 Å². The highest BCUT2D eigenvalue weighted by Crippen LogP contribution is 2.25. The number of rotatable bonds is 4. The van der Waals surface area contributed by atoms with Crippen LogP contribution in [0, 0.1) is 31.0 Å². The van der Waals surface area contributed by atoms with Gasteiger partial charge in [-0.3, -0.25) is 4.79 Å². The van der Waals surface area contributed by atoms with Crippen molar-refractivity contribution in [1.82, 2.24) is 4.57 Å². The van der Waals surface area contributed by atoms with E-state index in [9.17, 15) is 14.4 Å². The van der Waals surface area contributed by atoms with Crippen LogP contribution < -0.4 is 0 Å². The van der Waals surface area contributed by atoms with Gasteiger partial charge in [0.05, 0.1) is 5.69 Å². The van der Waals surface area contributed by atoms with Gasteiger partial charge in [0.15, 0.2) is 0 Å². The summed E-state index contributed by atoms with van der Waals surface area (Å²) in [5.74, 6) is -0.750. The van der Waals surface area contributed by atoms with E-state index < -0.39 is 0 Å². The van der Waals surface area contributed by atoms with E-state index in [0.717, 1.165) is 15.7 Å². The molecule has 2 aromatic carbocycles. The van der Waals surface area contributed by atoms with E-state index in [1.54, 1.807) is 48.8 Å². The van der Waals surface area contributed by atoms with Crippen molar-refractivity contribution >= 4 is 27.8 Å². The number of halogens is 2. The van der Waals surface area contributed by atoms with E-state index in [1.807, 2.05) is 30.3 Å². The largest absolute Gasteiger partial charge is 0.315 e. The van der Waals surface area contributed by atoms with Crippen molar-refractivity contribution in [2.75, 3.05) is 0 Å². The number of hydrogen-bond donors (Lipinski definition) is 0. The van der Waals surface area contributed by atoms with Crippen molar-refractivity contribution in [3.05, 3.63) is 93.0 Å². The number of para-hydroxylation sites is 1. The van der Waals surface area contributed by atoms with Crippen LogP contribution in [0.5, 0.6) is 0 Å². The summed E-state index contributed by atoms with van der Waals surface area (Å²) in [5, 5.41) is 9.49. The van der Waals surface area contributed by atoms with Crippen LogP contribution in [-0.2, 0) is 0 Å². The number of nitriles is 1. The number of ketones is 1. The summed E-state index contributed by atoms with van der Waals surface area (Å²) in [6.45, 7) is 3.56. The molecule has 27 heavy (non-hydrogen) atoms. The van der Waals surface area contributed by atoms with E-state index >= 15 is 0 Å². The molecule has 0 amide bonds. The van der Waals surface area contributed by atoms with Crippen LogP contribution in [0.3, 0.4) is 0 Å². The number of Topliss-reactive ketones (excluding diaryl/α,β-unsaturated/α-hetero) is 1. The number of hydrogen-bond acceptors (Lipinski definition) is 2. The third-order valence-corrected chi connectivity index (χ3v) is 4.84. The fraction of sp³-hybridized carbons (Fsp3) is 0.0909. The SMILES string of the molecule is Cc1cc(C(=O)/C(C#N)=C\c2ccc(Br)cc2)c(C)n1-c1ccccc1F. The van der Waals surface area contributed by atoms with Crippen LogP contribution in [0.1, 0.15) is 27.3 Å². The lowest BCUT2D eigenvalue weighted by atomic mass is 10.0. The molecule has 0 radical (unpaired) electrons. The number of carbonyl (C=O) groups excluding carboxylic acids is 1. The Bertz CT molecular complexity index is 1090. The Morgan fingerprint density at radius 3 is 2.44 bits per heavy atom. The third-order valence-electron chi connectivity index (χ3n) is 4.32. The summed E-state index contributed by atoms with van der Waals surface area (Å²) in [5.41, 5.74) is 2.88. The van der Waals surface area contributed by atoms with Gasteiger partial charge in [-0.2, -0.15) is 5.26 Å². The highest BCUT2D eigenvalue weighted by molar-refractivity contribution is 9.10. The molecule has 3 nitrogen and oxygen atoms in total. The first kappa shape index (κ1) is 18.8. The fourth-order valence-electron chi connectivity index (χ4n) is 3.02. The van der Waals surface area contributed by atoms with Crippen molar-refractivity contribution in [1.29, 1.82) is 5.26 Å². The summed E-state index contributed by atoms with van der Waals surface area (Å²) in [6, 6.07) is 17.4. The average molecular weight is 423 g/mol. The number of nitrogens with zero attached hydrogens (tertiary/aromatic N) is 2. The first-order valence-corrected chi connectivity index (χ1v) is 9.07.